The van der Waals surface area contributed by atoms with Crippen LogP contribution in [0.25, 0.3) is 0 Å². The van der Waals surface area contributed by atoms with Crippen molar-refractivity contribution in [1.82, 2.24) is 0 Å². The highest BCUT2D eigenvalue weighted by Crippen LogP contribution is 2.31. The zero-order valence-electron chi connectivity index (χ0n) is 10.9. The van der Waals surface area contributed by atoms with Crippen molar-refractivity contribution in [2.24, 2.45) is 5.73 Å². The number of benzene rings is 1. The van der Waals surface area contributed by atoms with Gasteiger partial charge in [0.1, 0.15) is 11.5 Å². The minimum Gasteiger partial charge on any atom is -0.497 e. The van der Waals surface area contributed by atoms with Gasteiger partial charge in [0.25, 0.3) is 0 Å². The first-order valence-electron chi connectivity index (χ1n) is 5.68. The second-order valence-electron chi connectivity index (χ2n) is 3.82. The maximum Gasteiger partial charge on any atom is 0.123 e. The molecule has 17 heavy (non-hydrogen) atoms. The smallest absolute Gasteiger partial charge is 0.123 e. The molecule has 1 aromatic carbocycles. The summed E-state index contributed by atoms with van der Waals surface area (Å²) in [7, 11) is 4.93. The molecule has 0 saturated carbocycles. The van der Waals surface area contributed by atoms with Crippen LogP contribution in [0, 0.1) is 0 Å². The van der Waals surface area contributed by atoms with Gasteiger partial charge >= 0.3 is 0 Å². The first-order chi connectivity index (χ1) is 8.17. The molecule has 0 aliphatic heterocycles. The molecule has 0 spiro atoms. The molecule has 0 heterocycles. The molecule has 0 aromatic heterocycles. The summed E-state index contributed by atoms with van der Waals surface area (Å²) in [4.78, 5) is 0. The highest BCUT2D eigenvalue weighted by molar-refractivity contribution is 5.42. The van der Waals surface area contributed by atoms with Crippen LogP contribution in [0.5, 0.6) is 11.5 Å². The molecule has 0 radical (unpaired) electrons. The maximum absolute atomic E-state index is 6.20. The molecule has 4 heteroatoms. The maximum atomic E-state index is 6.20. The van der Waals surface area contributed by atoms with E-state index in [9.17, 15) is 0 Å². The number of hydrogen-bond acceptors (Lipinski definition) is 4. The highest BCUT2D eigenvalue weighted by Gasteiger charge is 2.21. The fourth-order valence-electron chi connectivity index (χ4n) is 1.87. The van der Waals surface area contributed by atoms with Gasteiger partial charge in [-0.1, -0.05) is 6.92 Å². The van der Waals surface area contributed by atoms with Crippen molar-refractivity contribution in [3.8, 4) is 11.5 Å². The molecule has 1 aromatic rings. The van der Waals surface area contributed by atoms with E-state index in [0.29, 0.717) is 0 Å². The van der Waals surface area contributed by atoms with Crippen LogP contribution in [0.4, 0.5) is 0 Å². The molecule has 0 bridgehead atoms. The van der Waals surface area contributed by atoms with Crippen LogP contribution in [0.3, 0.4) is 0 Å². The molecule has 2 atom stereocenters. The molecule has 0 saturated heterocycles. The molecule has 0 amide bonds. The lowest BCUT2D eigenvalue weighted by atomic mass is 9.99. The first-order valence-corrected chi connectivity index (χ1v) is 5.68. The number of hydrogen-bond donors (Lipinski definition) is 1. The van der Waals surface area contributed by atoms with Crippen molar-refractivity contribution >= 4 is 0 Å². The van der Waals surface area contributed by atoms with E-state index in [1.54, 1.807) is 21.3 Å². The number of nitrogens with two attached hydrogens (primary N) is 1. The molecular weight excluding hydrogens is 218 g/mol. The quantitative estimate of drug-likeness (QED) is 0.826. The van der Waals surface area contributed by atoms with Crippen LogP contribution in [0.1, 0.15) is 24.9 Å². The highest BCUT2D eigenvalue weighted by atomic mass is 16.5. The van der Waals surface area contributed by atoms with Crippen LogP contribution < -0.4 is 15.2 Å². The van der Waals surface area contributed by atoms with Gasteiger partial charge in [-0.2, -0.15) is 0 Å². The molecular formula is C13H21NO3. The van der Waals surface area contributed by atoms with E-state index in [1.807, 2.05) is 25.1 Å². The normalized spacial score (nSPS) is 14.2. The molecule has 0 aliphatic rings. The number of rotatable bonds is 6. The Labute approximate surface area is 103 Å². The standard InChI is InChI=1S/C13H21NO3/c1-5-11(16-3)13(14)10-8-9(15-2)6-7-12(10)17-4/h6-8,11,13H,5,14H2,1-4H3. The molecule has 4 nitrogen and oxygen atoms in total. The Bertz CT molecular complexity index is 351. The van der Waals surface area contributed by atoms with Gasteiger partial charge in [-0.3, -0.25) is 0 Å². The van der Waals surface area contributed by atoms with Crippen molar-refractivity contribution in [3.63, 3.8) is 0 Å². The van der Waals surface area contributed by atoms with Crippen molar-refractivity contribution in [2.75, 3.05) is 21.3 Å². The fourth-order valence-corrected chi connectivity index (χ4v) is 1.87. The molecule has 2 unspecified atom stereocenters. The summed E-state index contributed by atoms with van der Waals surface area (Å²) >= 11 is 0. The zero-order chi connectivity index (χ0) is 12.8. The van der Waals surface area contributed by atoms with Gasteiger partial charge in [-0.15, -0.1) is 0 Å². The third kappa shape index (κ3) is 3.11. The summed E-state index contributed by atoms with van der Waals surface area (Å²) in [6.45, 7) is 2.04. The van der Waals surface area contributed by atoms with Gasteiger partial charge in [-0.25, -0.2) is 0 Å². The molecule has 0 aliphatic carbocycles. The lowest BCUT2D eigenvalue weighted by Crippen LogP contribution is -2.27. The predicted molar refractivity (Wildman–Crippen MR) is 67.6 cm³/mol. The van der Waals surface area contributed by atoms with E-state index in [0.717, 1.165) is 23.5 Å². The Morgan fingerprint density at radius 2 is 1.88 bits per heavy atom. The van der Waals surface area contributed by atoms with Crippen molar-refractivity contribution in [1.29, 1.82) is 0 Å². The van der Waals surface area contributed by atoms with E-state index < -0.39 is 0 Å². The lowest BCUT2D eigenvalue weighted by molar-refractivity contribution is 0.0764. The van der Waals surface area contributed by atoms with E-state index >= 15 is 0 Å². The van der Waals surface area contributed by atoms with Crippen LogP contribution in [-0.4, -0.2) is 27.4 Å². The Morgan fingerprint density at radius 3 is 2.35 bits per heavy atom. The van der Waals surface area contributed by atoms with Gasteiger partial charge in [0.05, 0.1) is 26.4 Å². The largest absolute Gasteiger partial charge is 0.497 e. The summed E-state index contributed by atoms with van der Waals surface area (Å²) in [5.74, 6) is 1.52. The van der Waals surface area contributed by atoms with Crippen LogP contribution in [0.15, 0.2) is 18.2 Å². The van der Waals surface area contributed by atoms with Crippen LogP contribution in [0.2, 0.25) is 0 Å². The first kappa shape index (κ1) is 13.8. The Balaban J connectivity index is 3.08. The summed E-state index contributed by atoms with van der Waals surface area (Å²) in [6.07, 6.45) is 0.814. The summed E-state index contributed by atoms with van der Waals surface area (Å²) in [6, 6.07) is 5.37. The van der Waals surface area contributed by atoms with Crippen LogP contribution >= 0.6 is 0 Å². The van der Waals surface area contributed by atoms with Crippen LogP contribution in [-0.2, 0) is 4.74 Å². The van der Waals surface area contributed by atoms with Crippen molar-refractivity contribution in [3.05, 3.63) is 23.8 Å². The van der Waals surface area contributed by atoms with Gasteiger partial charge < -0.3 is 19.9 Å². The van der Waals surface area contributed by atoms with Crippen molar-refractivity contribution in [2.45, 2.75) is 25.5 Å². The molecule has 1 rings (SSSR count). The minimum absolute atomic E-state index is 0.0315. The Kier molecular flexibility index (Phi) is 5.25. The number of methoxy groups -OCH3 is 3. The second kappa shape index (κ2) is 6.47. The van der Waals surface area contributed by atoms with Gasteiger partial charge in [0.15, 0.2) is 0 Å². The van der Waals surface area contributed by atoms with Gasteiger partial charge in [0, 0.05) is 12.7 Å². The van der Waals surface area contributed by atoms with Gasteiger partial charge in [0.2, 0.25) is 0 Å². The third-order valence-corrected chi connectivity index (χ3v) is 2.90. The van der Waals surface area contributed by atoms with E-state index in [1.165, 1.54) is 0 Å². The van der Waals surface area contributed by atoms with E-state index in [4.69, 9.17) is 19.9 Å². The lowest BCUT2D eigenvalue weighted by Gasteiger charge is -2.23. The number of ether oxygens (including phenoxy) is 3. The predicted octanol–water partition coefficient (Wildman–Crippen LogP) is 2.13. The SMILES string of the molecule is CCC(OC)C(N)c1cc(OC)ccc1OC. The fraction of sp³-hybridized carbons (Fsp3) is 0.538. The average molecular weight is 239 g/mol. The monoisotopic (exact) mass is 239 g/mol. The summed E-state index contributed by atoms with van der Waals surface area (Å²) in [5.41, 5.74) is 7.10. The van der Waals surface area contributed by atoms with Gasteiger partial charge in [-0.05, 0) is 24.6 Å². The minimum atomic E-state index is -0.227. The molecule has 0 fully saturated rings. The van der Waals surface area contributed by atoms with E-state index in [-0.39, 0.29) is 12.1 Å². The zero-order valence-corrected chi connectivity index (χ0v) is 10.9. The molecule has 2 N–H and O–H groups in total. The van der Waals surface area contributed by atoms with E-state index in [2.05, 4.69) is 0 Å². The second-order valence-corrected chi connectivity index (χ2v) is 3.82. The average Bonchev–Trinajstić information content (AvgIpc) is 2.39. The Hall–Kier alpha value is -1.26. The van der Waals surface area contributed by atoms with Crippen molar-refractivity contribution < 1.29 is 14.2 Å². The molecule has 96 valence electrons. The third-order valence-electron chi connectivity index (χ3n) is 2.90. The summed E-state index contributed by atoms with van der Waals surface area (Å²) < 4.78 is 15.9. The Morgan fingerprint density at radius 1 is 1.18 bits per heavy atom. The summed E-state index contributed by atoms with van der Waals surface area (Å²) in [5, 5.41) is 0. The topological polar surface area (TPSA) is 53.7 Å².